The van der Waals surface area contributed by atoms with Crippen molar-refractivity contribution in [1.82, 2.24) is 0 Å². The molecular formula is C8H9NOS. The second-order valence-corrected chi connectivity index (χ2v) is 3.66. The summed E-state index contributed by atoms with van der Waals surface area (Å²) in [5, 5.41) is 1.87. The van der Waals surface area contributed by atoms with E-state index in [1.54, 1.807) is 0 Å². The van der Waals surface area contributed by atoms with Crippen LogP contribution >= 0.6 is 11.3 Å². The number of nitrogen functional groups attached to an aromatic ring is 1. The molecule has 58 valence electrons. The zero-order chi connectivity index (χ0) is 7.84. The molecule has 0 saturated heterocycles. The van der Waals surface area contributed by atoms with Crippen molar-refractivity contribution in [3.05, 3.63) is 15.8 Å². The van der Waals surface area contributed by atoms with Crippen molar-refractivity contribution in [3.8, 4) is 0 Å². The van der Waals surface area contributed by atoms with Crippen molar-refractivity contribution < 1.29 is 4.79 Å². The largest absolute Gasteiger partial charge is 0.398 e. The van der Waals surface area contributed by atoms with Crippen molar-refractivity contribution in [2.45, 2.75) is 19.3 Å². The van der Waals surface area contributed by atoms with E-state index >= 15 is 0 Å². The molecule has 1 aliphatic rings. The molecule has 11 heavy (non-hydrogen) atoms. The molecule has 1 heterocycles. The van der Waals surface area contributed by atoms with Gasteiger partial charge >= 0.3 is 0 Å². The number of fused-ring (bicyclic) bond motifs is 1. The Morgan fingerprint density at radius 1 is 1.45 bits per heavy atom. The summed E-state index contributed by atoms with van der Waals surface area (Å²) < 4.78 is 0. The Hall–Kier alpha value is -0.830. The first kappa shape index (κ1) is 6.85. The van der Waals surface area contributed by atoms with E-state index in [-0.39, 0.29) is 5.78 Å². The Morgan fingerprint density at radius 3 is 3.00 bits per heavy atom. The van der Waals surface area contributed by atoms with Gasteiger partial charge in [-0.05, 0) is 18.4 Å². The number of carbonyl (C=O) groups is 1. The average Bonchev–Trinajstić information content (AvgIpc) is 2.35. The predicted octanol–water partition coefficient (Wildman–Crippen LogP) is 1.85. The van der Waals surface area contributed by atoms with Gasteiger partial charge in [0, 0.05) is 17.5 Å². The van der Waals surface area contributed by atoms with E-state index in [1.165, 1.54) is 11.3 Å². The van der Waals surface area contributed by atoms with Crippen LogP contribution in [0.5, 0.6) is 0 Å². The highest BCUT2D eigenvalue weighted by Crippen LogP contribution is 2.31. The third kappa shape index (κ3) is 0.959. The monoisotopic (exact) mass is 167 g/mol. The number of carbonyl (C=O) groups excluding carboxylic acids is 1. The molecule has 0 aliphatic heterocycles. The van der Waals surface area contributed by atoms with Crippen LogP contribution in [0.25, 0.3) is 0 Å². The fourth-order valence-electron chi connectivity index (χ4n) is 1.43. The van der Waals surface area contributed by atoms with E-state index in [9.17, 15) is 4.79 Å². The van der Waals surface area contributed by atoms with Gasteiger partial charge in [-0.3, -0.25) is 4.79 Å². The molecule has 0 fully saturated rings. The molecule has 0 radical (unpaired) electrons. The summed E-state index contributed by atoms with van der Waals surface area (Å²) in [5.74, 6) is 0.271. The number of rotatable bonds is 0. The van der Waals surface area contributed by atoms with Crippen LogP contribution in [-0.2, 0) is 6.42 Å². The lowest BCUT2D eigenvalue weighted by Crippen LogP contribution is -2.08. The topological polar surface area (TPSA) is 43.1 Å². The van der Waals surface area contributed by atoms with Gasteiger partial charge < -0.3 is 5.73 Å². The lowest BCUT2D eigenvalue weighted by Gasteiger charge is -2.09. The maximum absolute atomic E-state index is 11.3. The molecule has 1 aromatic heterocycles. The first-order chi connectivity index (χ1) is 5.29. The Kier molecular flexibility index (Phi) is 1.46. The molecule has 0 aromatic carbocycles. The highest BCUT2D eigenvalue weighted by atomic mass is 32.1. The maximum atomic E-state index is 11.3. The van der Waals surface area contributed by atoms with Gasteiger partial charge in [-0.1, -0.05) is 0 Å². The van der Waals surface area contributed by atoms with E-state index in [0.717, 1.165) is 29.0 Å². The van der Waals surface area contributed by atoms with Gasteiger partial charge in [0.2, 0.25) is 0 Å². The van der Waals surface area contributed by atoms with Crippen LogP contribution in [0.1, 0.15) is 28.1 Å². The van der Waals surface area contributed by atoms with Crippen LogP contribution in [0, 0.1) is 0 Å². The average molecular weight is 167 g/mol. The summed E-state index contributed by atoms with van der Waals surface area (Å²) in [7, 11) is 0. The van der Waals surface area contributed by atoms with Gasteiger partial charge in [0.25, 0.3) is 0 Å². The number of Topliss-reactive ketones (excluding diaryl/α,β-unsaturated/α-hetero) is 1. The SMILES string of the molecule is Nc1csc2c1CCCC2=O. The van der Waals surface area contributed by atoms with Gasteiger partial charge in [-0.15, -0.1) is 11.3 Å². The molecule has 0 bridgehead atoms. The summed E-state index contributed by atoms with van der Waals surface area (Å²) in [5.41, 5.74) is 7.57. The Morgan fingerprint density at radius 2 is 2.27 bits per heavy atom. The Labute approximate surface area is 69.0 Å². The minimum Gasteiger partial charge on any atom is -0.398 e. The Balaban J connectivity index is 2.55. The third-order valence-electron chi connectivity index (χ3n) is 2.01. The number of thiophene rings is 1. The highest BCUT2D eigenvalue weighted by Gasteiger charge is 2.20. The van der Waals surface area contributed by atoms with E-state index in [4.69, 9.17) is 5.73 Å². The first-order valence-corrected chi connectivity index (χ1v) is 4.56. The van der Waals surface area contributed by atoms with Gasteiger partial charge in [0.05, 0.1) is 4.88 Å². The zero-order valence-electron chi connectivity index (χ0n) is 6.09. The lowest BCUT2D eigenvalue weighted by molar-refractivity contribution is 0.0977. The molecule has 1 aromatic rings. The number of hydrogen-bond acceptors (Lipinski definition) is 3. The van der Waals surface area contributed by atoms with Crippen molar-refractivity contribution in [3.63, 3.8) is 0 Å². The molecule has 0 unspecified atom stereocenters. The van der Waals surface area contributed by atoms with E-state index < -0.39 is 0 Å². The van der Waals surface area contributed by atoms with E-state index in [1.807, 2.05) is 5.38 Å². The van der Waals surface area contributed by atoms with Crippen LogP contribution in [0.3, 0.4) is 0 Å². The molecule has 2 N–H and O–H groups in total. The van der Waals surface area contributed by atoms with Crippen LogP contribution in [-0.4, -0.2) is 5.78 Å². The summed E-state index contributed by atoms with van der Waals surface area (Å²) in [6, 6.07) is 0. The third-order valence-corrected chi connectivity index (χ3v) is 3.09. The normalized spacial score (nSPS) is 16.5. The minimum atomic E-state index is 0.271. The van der Waals surface area contributed by atoms with Crippen molar-refractivity contribution in [2.75, 3.05) is 5.73 Å². The first-order valence-electron chi connectivity index (χ1n) is 3.68. The molecule has 2 nitrogen and oxygen atoms in total. The van der Waals surface area contributed by atoms with Gasteiger partial charge in [0.1, 0.15) is 0 Å². The molecule has 0 spiro atoms. The van der Waals surface area contributed by atoms with Crippen molar-refractivity contribution in [2.24, 2.45) is 0 Å². The van der Waals surface area contributed by atoms with Crippen LogP contribution in [0.2, 0.25) is 0 Å². The summed E-state index contributed by atoms with van der Waals surface area (Å²) in [4.78, 5) is 12.2. The zero-order valence-corrected chi connectivity index (χ0v) is 6.91. The summed E-state index contributed by atoms with van der Waals surface area (Å²) >= 11 is 1.49. The van der Waals surface area contributed by atoms with Crippen molar-refractivity contribution >= 4 is 22.8 Å². The lowest BCUT2D eigenvalue weighted by atomic mass is 9.97. The molecule has 0 atom stereocenters. The summed E-state index contributed by atoms with van der Waals surface area (Å²) in [6.07, 6.45) is 2.65. The molecule has 2 rings (SSSR count). The number of ketones is 1. The fourth-order valence-corrected chi connectivity index (χ4v) is 2.41. The van der Waals surface area contributed by atoms with E-state index in [2.05, 4.69) is 0 Å². The maximum Gasteiger partial charge on any atom is 0.173 e. The van der Waals surface area contributed by atoms with E-state index in [0.29, 0.717) is 6.42 Å². The fraction of sp³-hybridized carbons (Fsp3) is 0.375. The minimum absolute atomic E-state index is 0.271. The number of hydrogen-bond donors (Lipinski definition) is 1. The van der Waals surface area contributed by atoms with Gasteiger partial charge in [0.15, 0.2) is 5.78 Å². The molecular weight excluding hydrogens is 158 g/mol. The van der Waals surface area contributed by atoms with Gasteiger partial charge in [-0.25, -0.2) is 0 Å². The van der Waals surface area contributed by atoms with Crippen LogP contribution in [0.4, 0.5) is 5.69 Å². The van der Waals surface area contributed by atoms with Crippen molar-refractivity contribution in [1.29, 1.82) is 0 Å². The molecule has 0 amide bonds. The second-order valence-electron chi connectivity index (χ2n) is 2.78. The quantitative estimate of drug-likeness (QED) is 0.640. The predicted molar refractivity (Wildman–Crippen MR) is 46.0 cm³/mol. The van der Waals surface area contributed by atoms with Crippen LogP contribution < -0.4 is 5.73 Å². The van der Waals surface area contributed by atoms with Crippen LogP contribution in [0.15, 0.2) is 5.38 Å². The molecule has 3 heteroatoms. The smallest absolute Gasteiger partial charge is 0.173 e. The van der Waals surface area contributed by atoms with Gasteiger partial charge in [-0.2, -0.15) is 0 Å². The highest BCUT2D eigenvalue weighted by molar-refractivity contribution is 7.12. The number of nitrogens with two attached hydrogens (primary N) is 1. The second kappa shape index (κ2) is 2.34. The summed E-state index contributed by atoms with van der Waals surface area (Å²) in [6.45, 7) is 0. The number of anilines is 1. The Bertz CT molecular complexity index is 303. The standard InChI is InChI=1S/C8H9NOS/c9-6-4-11-8-5(6)2-1-3-7(8)10/h4H,1-3,9H2. The molecule has 0 saturated carbocycles. The molecule has 1 aliphatic carbocycles.